The van der Waals surface area contributed by atoms with Crippen LogP contribution in [-0.4, -0.2) is 47.9 Å². The lowest BCUT2D eigenvalue weighted by Crippen LogP contribution is -2.41. The first kappa shape index (κ1) is 17.9. The molecule has 0 saturated heterocycles. The van der Waals surface area contributed by atoms with Crippen molar-refractivity contribution in [2.24, 2.45) is 0 Å². The third kappa shape index (κ3) is 11.6. The maximum atomic E-state index is 11.0. The summed E-state index contributed by atoms with van der Waals surface area (Å²) < 4.78 is 13.9. The first-order chi connectivity index (χ1) is 6.91. The molecule has 0 unspecified atom stereocenters. The first-order valence-corrected chi connectivity index (χ1v) is 6.16. The molecule has 2 N–H and O–H groups in total. The lowest BCUT2D eigenvalue weighted by atomic mass is 10.3. The van der Waals surface area contributed by atoms with Gasteiger partial charge in [-0.05, 0) is 13.8 Å². The number of nitrogens with zero attached hydrogens (tertiary/aromatic N) is 1. The second kappa shape index (κ2) is 6.93. The quantitative estimate of drug-likeness (QED) is 0.444. The van der Waals surface area contributed by atoms with Gasteiger partial charge in [0, 0.05) is 5.57 Å². The number of phosphoric acid groups is 1. The molecule has 0 aromatic carbocycles. The van der Waals surface area contributed by atoms with Crippen molar-refractivity contribution >= 4 is 13.7 Å². The second-order valence-corrected chi connectivity index (χ2v) is 5.25. The van der Waals surface area contributed by atoms with Gasteiger partial charge in [0.25, 0.3) is 0 Å². The molecule has 0 atom stereocenters. The predicted octanol–water partition coefficient (Wildman–Crippen LogP) is 0.911. The zero-order valence-electron chi connectivity index (χ0n) is 10.4. The summed E-state index contributed by atoms with van der Waals surface area (Å²) in [6.45, 7) is 6.84. The number of quaternary nitrogens is 1. The number of rotatable bonds is 3. The van der Waals surface area contributed by atoms with Crippen LogP contribution in [0.3, 0.4) is 0 Å². The summed E-state index contributed by atoms with van der Waals surface area (Å²) in [6, 6.07) is 0. The van der Waals surface area contributed by atoms with Crippen molar-refractivity contribution in [3.8, 4) is 0 Å². The van der Waals surface area contributed by atoms with E-state index in [0.29, 0.717) is 10.1 Å². The molecular formula is C9H21NO5P+. The predicted molar refractivity (Wildman–Crippen MR) is 61.5 cm³/mol. The van der Waals surface area contributed by atoms with Crippen LogP contribution in [0.1, 0.15) is 13.8 Å². The van der Waals surface area contributed by atoms with E-state index in [9.17, 15) is 9.36 Å². The van der Waals surface area contributed by atoms with Gasteiger partial charge in [0.1, 0.15) is 0 Å². The summed E-state index contributed by atoms with van der Waals surface area (Å²) in [5.74, 6) is 0.0787. The van der Waals surface area contributed by atoms with E-state index < -0.39 is 7.82 Å². The Morgan fingerprint density at radius 1 is 1.38 bits per heavy atom. The Hall–Kier alpha value is -0.520. The zero-order valence-corrected chi connectivity index (χ0v) is 11.3. The Balaban J connectivity index is 0. The standard InChI is InChI=1S/C7H14NO.C2H7O4P/c1-6(2)7(9)8(3,4)5;1-2-6-7(3,4)5/h1H2,2-5H3;2H2,1H3,(H2,3,4,5)/q+1;. The largest absolute Gasteiger partial charge is 0.469 e. The van der Waals surface area contributed by atoms with Gasteiger partial charge in [0.05, 0.1) is 27.7 Å². The van der Waals surface area contributed by atoms with Gasteiger partial charge < -0.3 is 9.79 Å². The van der Waals surface area contributed by atoms with Crippen LogP contribution in [0.15, 0.2) is 12.2 Å². The van der Waals surface area contributed by atoms with Crippen LogP contribution in [0, 0.1) is 0 Å². The van der Waals surface area contributed by atoms with Gasteiger partial charge in [-0.1, -0.05) is 6.58 Å². The molecule has 0 aliphatic heterocycles. The second-order valence-electron chi connectivity index (χ2n) is 4.01. The van der Waals surface area contributed by atoms with Crippen LogP contribution in [-0.2, 0) is 13.9 Å². The number of hydrogen-bond acceptors (Lipinski definition) is 3. The maximum Gasteiger partial charge on any atom is 0.469 e. The Morgan fingerprint density at radius 2 is 1.75 bits per heavy atom. The molecule has 6 nitrogen and oxygen atoms in total. The molecule has 0 aromatic heterocycles. The fourth-order valence-corrected chi connectivity index (χ4v) is 1.08. The fraction of sp³-hybridized carbons (Fsp3) is 0.667. The summed E-state index contributed by atoms with van der Waals surface area (Å²) in [6.07, 6.45) is 0. The number of likely N-dealkylation sites (N-methyl/N-ethyl adjacent to an activating group) is 1. The fourth-order valence-electron chi connectivity index (χ4n) is 0.741. The van der Waals surface area contributed by atoms with E-state index in [0.717, 1.165) is 0 Å². The Bertz CT molecular complexity index is 289. The topological polar surface area (TPSA) is 83.8 Å². The van der Waals surface area contributed by atoms with Crippen molar-refractivity contribution in [2.75, 3.05) is 27.7 Å². The first-order valence-electron chi connectivity index (χ1n) is 4.63. The highest BCUT2D eigenvalue weighted by Gasteiger charge is 2.19. The third-order valence-electron chi connectivity index (χ3n) is 1.27. The molecule has 7 heteroatoms. The van der Waals surface area contributed by atoms with Crippen LogP contribution in [0.4, 0.5) is 0 Å². The highest BCUT2D eigenvalue weighted by molar-refractivity contribution is 7.46. The minimum Gasteiger partial charge on any atom is -0.303 e. The molecule has 0 bridgehead atoms. The van der Waals surface area contributed by atoms with E-state index in [1.807, 2.05) is 21.1 Å². The van der Waals surface area contributed by atoms with Crippen molar-refractivity contribution in [1.82, 2.24) is 0 Å². The van der Waals surface area contributed by atoms with Gasteiger partial charge in [-0.25, -0.2) is 9.36 Å². The monoisotopic (exact) mass is 254 g/mol. The molecule has 0 radical (unpaired) electrons. The van der Waals surface area contributed by atoms with Gasteiger partial charge in [-0.15, -0.1) is 0 Å². The van der Waals surface area contributed by atoms with Gasteiger partial charge in [0.2, 0.25) is 0 Å². The molecular weight excluding hydrogens is 233 g/mol. The molecule has 1 amide bonds. The maximum absolute atomic E-state index is 11.0. The van der Waals surface area contributed by atoms with Crippen molar-refractivity contribution in [1.29, 1.82) is 0 Å². The molecule has 0 aliphatic carbocycles. The molecule has 0 heterocycles. The molecule has 16 heavy (non-hydrogen) atoms. The average molecular weight is 254 g/mol. The van der Waals surface area contributed by atoms with Gasteiger partial charge in [-0.3, -0.25) is 9.01 Å². The van der Waals surface area contributed by atoms with Crippen molar-refractivity contribution in [3.63, 3.8) is 0 Å². The summed E-state index contributed by atoms with van der Waals surface area (Å²) in [4.78, 5) is 26.9. The lowest BCUT2D eigenvalue weighted by molar-refractivity contribution is -0.789. The van der Waals surface area contributed by atoms with Crippen LogP contribution in [0.5, 0.6) is 0 Å². The van der Waals surface area contributed by atoms with Gasteiger partial charge in [-0.2, -0.15) is 0 Å². The normalized spacial score (nSPS) is 11.4. The minimum atomic E-state index is -4.17. The highest BCUT2D eigenvalue weighted by atomic mass is 31.2. The SMILES string of the molecule is C=C(C)C(=O)[N+](C)(C)C.CCOP(=O)(O)O. The molecule has 96 valence electrons. The van der Waals surface area contributed by atoms with Crippen molar-refractivity contribution < 1.29 is 28.2 Å². The van der Waals surface area contributed by atoms with Crippen LogP contribution in [0.25, 0.3) is 0 Å². The average Bonchev–Trinajstić information content (AvgIpc) is 1.99. The Labute approximate surface area is 96.4 Å². The summed E-state index contributed by atoms with van der Waals surface area (Å²) >= 11 is 0. The van der Waals surface area contributed by atoms with E-state index in [-0.39, 0.29) is 12.5 Å². The number of carbonyl (C=O) groups excluding carboxylic acids is 1. The molecule has 0 aliphatic rings. The smallest absolute Gasteiger partial charge is 0.303 e. The van der Waals surface area contributed by atoms with Gasteiger partial charge in [0.15, 0.2) is 0 Å². The summed E-state index contributed by atoms with van der Waals surface area (Å²) in [7, 11) is 1.33. The van der Waals surface area contributed by atoms with Crippen LogP contribution >= 0.6 is 7.82 Å². The number of phosphoric ester groups is 1. The molecule has 0 fully saturated rings. The lowest BCUT2D eigenvalue weighted by Gasteiger charge is -2.19. The van der Waals surface area contributed by atoms with Crippen LogP contribution < -0.4 is 0 Å². The zero-order chi connectivity index (χ0) is 13.6. The molecule has 0 spiro atoms. The third-order valence-corrected chi connectivity index (χ3v) is 1.87. The van der Waals surface area contributed by atoms with E-state index in [2.05, 4.69) is 11.1 Å². The van der Waals surface area contributed by atoms with E-state index in [1.165, 1.54) is 6.92 Å². The summed E-state index contributed by atoms with van der Waals surface area (Å²) in [5.41, 5.74) is 0.613. The van der Waals surface area contributed by atoms with Crippen LogP contribution in [0.2, 0.25) is 0 Å². The highest BCUT2D eigenvalue weighted by Crippen LogP contribution is 2.34. The molecule has 0 aromatic rings. The van der Waals surface area contributed by atoms with E-state index >= 15 is 0 Å². The minimum absolute atomic E-state index is 0.0459. The van der Waals surface area contributed by atoms with E-state index in [4.69, 9.17) is 9.79 Å². The number of hydrogen-bond donors (Lipinski definition) is 2. The number of amides is 1. The van der Waals surface area contributed by atoms with E-state index in [1.54, 1.807) is 6.92 Å². The number of carbonyl (C=O) groups is 1. The molecule has 0 rings (SSSR count). The summed E-state index contributed by atoms with van der Waals surface area (Å²) in [5, 5.41) is 0. The Morgan fingerprint density at radius 3 is 1.75 bits per heavy atom. The van der Waals surface area contributed by atoms with Crippen molar-refractivity contribution in [3.05, 3.63) is 12.2 Å². The van der Waals surface area contributed by atoms with Crippen molar-refractivity contribution in [2.45, 2.75) is 13.8 Å². The Kier molecular flexibility index (Phi) is 7.74. The molecule has 0 saturated carbocycles. The van der Waals surface area contributed by atoms with Gasteiger partial charge >= 0.3 is 13.7 Å².